The summed E-state index contributed by atoms with van der Waals surface area (Å²) in [5.74, 6) is 0.144. The molecule has 7 heteroatoms. The van der Waals surface area contributed by atoms with Gasteiger partial charge >= 0.3 is 0 Å². The van der Waals surface area contributed by atoms with Crippen molar-refractivity contribution < 1.29 is 5.11 Å². The fourth-order valence-corrected chi connectivity index (χ4v) is 1.41. The average Bonchev–Trinajstić information content (AvgIpc) is 2.73. The van der Waals surface area contributed by atoms with Crippen molar-refractivity contribution in [3.05, 3.63) is 23.2 Å². The highest BCUT2D eigenvalue weighted by atomic mass is 35.5. The van der Waals surface area contributed by atoms with Crippen LogP contribution in [0.3, 0.4) is 0 Å². The number of nitrogens with one attached hydrogen (secondary N) is 1. The zero-order chi connectivity index (χ0) is 11.5. The molecule has 2 rings (SSSR count). The van der Waals surface area contributed by atoms with E-state index in [0.29, 0.717) is 22.1 Å². The number of aliphatic imine (C=N–C) groups is 1. The lowest BCUT2D eigenvalue weighted by molar-refractivity contribution is -0.215. The van der Waals surface area contributed by atoms with Gasteiger partial charge in [0.2, 0.25) is 5.82 Å². The summed E-state index contributed by atoms with van der Waals surface area (Å²) in [5, 5.41) is 24.6. The predicted molar refractivity (Wildman–Crippen MR) is 57.4 cm³/mol. The van der Waals surface area contributed by atoms with E-state index in [9.17, 15) is 5.11 Å². The van der Waals surface area contributed by atoms with Gasteiger partial charge in [0, 0.05) is 5.56 Å². The molecule has 6 nitrogen and oxygen atoms in total. The fraction of sp³-hybridized carbons (Fsp3) is 0.111. The summed E-state index contributed by atoms with van der Waals surface area (Å²) in [6.45, 7) is 1.36. The van der Waals surface area contributed by atoms with Crippen LogP contribution in [0.5, 0.6) is 0 Å². The molecule has 0 aliphatic rings. The number of nitrogens with zero attached hydrogens (tertiary/aromatic N) is 4. The largest absolute Gasteiger partial charge is 0.862 e. The SMILES string of the molecule is CC([O-])=Nc1ccc(-c2nn[nH]n2)cc1Cl. The summed E-state index contributed by atoms with van der Waals surface area (Å²) in [6, 6.07) is 4.99. The van der Waals surface area contributed by atoms with Crippen LogP contribution in [0, 0.1) is 0 Å². The van der Waals surface area contributed by atoms with Gasteiger partial charge in [-0.1, -0.05) is 11.6 Å². The third kappa shape index (κ3) is 2.17. The number of H-pyrrole nitrogens is 1. The van der Waals surface area contributed by atoms with Crippen LogP contribution in [0.25, 0.3) is 11.4 Å². The predicted octanol–water partition coefficient (Wildman–Crippen LogP) is 0.930. The highest BCUT2D eigenvalue weighted by molar-refractivity contribution is 6.33. The summed E-state index contributed by atoms with van der Waals surface area (Å²) in [4.78, 5) is 3.75. The van der Waals surface area contributed by atoms with Gasteiger partial charge in [0.05, 0.1) is 10.7 Å². The van der Waals surface area contributed by atoms with Crippen LogP contribution in [0.1, 0.15) is 6.92 Å². The van der Waals surface area contributed by atoms with Crippen molar-refractivity contribution in [2.45, 2.75) is 6.92 Å². The average molecular weight is 237 g/mol. The Hall–Kier alpha value is -1.95. The second-order valence-corrected chi connectivity index (χ2v) is 3.44. The maximum atomic E-state index is 10.8. The highest BCUT2D eigenvalue weighted by Gasteiger charge is 2.05. The van der Waals surface area contributed by atoms with E-state index >= 15 is 0 Å². The number of benzene rings is 1. The van der Waals surface area contributed by atoms with Crippen molar-refractivity contribution in [1.29, 1.82) is 0 Å². The standard InChI is InChI=1S/C9H8ClN5O/c1-5(16)11-8-3-2-6(4-7(8)10)9-12-14-15-13-9/h2-4H,1H3,(H,11,16)(H,12,13,14,15)/p-1. The molecule has 0 aliphatic heterocycles. The second-order valence-electron chi connectivity index (χ2n) is 3.03. The van der Waals surface area contributed by atoms with E-state index in [-0.39, 0.29) is 5.90 Å². The normalized spacial score (nSPS) is 11.8. The van der Waals surface area contributed by atoms with Crippen LogP contribution >= 0.6 is 11.6 Å². The van der Waals surface area contributed by atoms with Crippen molar-refractivity contribution >= 4 is 23.2 Å². The third-order valence-electron chi connectivity index (χ3n) is 1.83. The molecule has 0 saturated carbocycles. The van der Waals surface area contributed by atoms with Crippen molar-refractivity contribution in [3.63, 3.8) is 0 Å². The van der Waals surface area contributed by atoms with Crippen molar-refractivity contribution in [2.75, 3.05) is 0 Å². The Morgan fingerprint density at radius 1 is 1.50 bits per heavy atom. The number of rotatable bonds is 2. The summed E-state index contributed by atoms with van der Waals surface area (Å²) < 4.78 is 0. The molecule has 82 valence electrons. The van der Waals surface area contributed by atoms with E-state index < -0.39 is 0 Å². The van der Waals surface area contributed by atoms with E-state index in [1.807, 2.05) is 0 Å². The van der Waals surface area contributed by atoms with Gasteiger partial charge in [-0.05, 0) is 36.2 Å². The van der Waals surface area contributed by atoms with Crippen LogP contribution < -0.4 is 5.11 Å². The van der Waals surface area contributed by atoms with E-state index in [1.54, 1.807) is 18.2 Å². The molecule has 0 aliphatic carbocycles. The Labute approximate surface area is 96.0 Å². The van der Waals surface area contributed by atoms with Crippen LogP contribution in [-0.4, -0.2) is 26.5 Å². The lowest BCUT2D eigenvalue weighted by Gasteiger charge is -2.05. The zero-order valence-electron chi connectivity index (χ0n) is 8.31. The molecule has 0 atom stereocenters. The van der Waals surface area contributed by atoms with Gasteiger partial charge in [-0.2, -0.15) is 5.21 Å². The van der Waals surface area contributed by atoms with E-state index in [4.69, 9.17) is 11.6 Å². The molecule has 0 fully saturated rings. The maximum absolute atomic E-state index is 10.8. The highest BCUT2D eigenvalue weighted by Crippen LogP contribution is 2.28. The second kappa shape index (κ2) is 4.28. The van der Waals surface area contributed by atoms with Crippen LogP contribution in [-0.2, 0) is 0 Å². The smallest absolute Gasteiger partial charge is 0.204 e. The first-order valence-corrected chi connectivity index (χ1v) is 4.80. The summed E-state index contributed by atoms with van der Waals surface area (Å²) in [7, 11) is 0. The number of halogens is 1. The van der Waals surface area contributed by atoms with Crippen LogP contribution in [0.2, 0.25) is 5.02 Å². The third-order valence-corrected chi connectivity index (χ3v) is 2.13. The first kappa shape index (κ1) is 10.6. The number of aromatic amines is 1. The molecule has 1 N–H and O–H groups in total. The van der Waals surface area contributed by atoms with E-state index in [1.165, 1.54) is 6.92 Å². The van der Waals surface area contributed by atoms with Crippen LogP contribution in [0.15, 0.2) is 23.2 Å². The minimum Gasteiger partial charge on any atom is -0.862 e. The van der Waals surface area contributed by atoms with Crippen molar-refractivity contribution in [3.8, 4) is 11.4 Å². The molecular weight excluding hydrogens is 230 g/mol. The quantitative estimate of drug-likeness (QED) is 0.620. The van der Waals surface area contributed by atoms with E-state index in [2.05, 4.69) is 25.6 Å². The van der Waals surface area contributed by atoms with Gasteiger partial charge in [-0.25, -0.2) is 0 Å². The molecular formula is C9H7ClN5O-. The number of hydrogen-bond acceptors (Lipinski definition) is 5. The zero-order valence-corrected chi connectivity index (χ0v) is 9.06. The molecule has 1 aromatic carbocycles. The number of tetrazole rings is 1. The van der Waals surface area contributed by atoms with Gasteiger partial charge in [0.25, 0.3) is 0 Å². The molecule has 0 amide bonds. The summed E-state index contributed by atoms with van der Waals surface area (Å²) in [5.41, 5.74) is 1.14. The molecule has 16 heavy (non-hydrogen) atoms. The van der Waals surface area contributed by atoms with Gasteiger partial charge in [-0.3, -0.25) is 4.99 Å². The van der Waals surface area contributed by atoms with E-state index in [0.717, 1.165) is 0 Å². The van der Waals surface area contributed by atoms with Crippen molar-refractivity contribution in [2.24, 2.45) is 4.99 Å². The minimum absolute atomic E-state index is 0.297. The summed E-state index contributed by atoms with van der Waals surface area (Å²) in [6.07, 6.45) is 0. The molecule has 0 bridgehead atoms. The van der Waals surface area contributed by atoms with Gasteiger partial charge in [-0.15, -0.1) is 10.2 Å². The van der Waals surface area contributed by atoms with Gasteiger partial charge in [0.1, 0.15) is 0 Å². The topological polar surface area (TPSA) is 89.9 Å². The first-order valence-electron chi connectivity index (χ1n) is 4.42. The fourth-order valence-electron chi connectivity index (χ4n) is 1.19. The Balaban J connectivity index is 2.41. The molecule has 0 spiro atoms. The van der Waals surface area contributed by atoms with Gasteiger partial charge < -0.3 is 5.11 Å². The Kier molecular flexibility index (Phi) is 2.82. The van der Waals surface area contributed by atoms with Gasteiger partial charge in [0.15, 0.2) is 0 Å². The number of hydrogen-bond donors (Lipinski definition) is 1. The monoisotopic (exact) mass is 236 g/mol. The van der Waals surface area contributed by atoms with Crippen molar-refractivity contribution in [1.82, 2.24) is 20.6 Å². The lowest BCUT2D eigenvalue weighted by atomic mass is 10.2. The van der Waals surface area contributed by atoms with Crippen LogP contribution in [0.4, 0.5) is 5.69 Å². The molecule has 0 saturated heterocycles. The molecule has 1 heterocycles. The lowest BCUT2D eigenvalue weighted by Crippen LogP contribution is -2.10. The first-order chi connectivity index (χ1) is 7.66. The molecule has 0 unspecified atom stereocenters. The molecule has 2 aromatic rings. The number of aromatic nitrogens is 4. The minimum atomic E-state index is -0.297. The molecule has 1 aromatic heterocycles. The molecule has 0 radical (unpaired) electrons. The Morgan fingerprint density at radius 3 is 2.88 bits per heavy atom. The Morgan fingerprint density at radius 2 is 2.31 bits per heavy atom. The summed E-state index contributed by atoms with van der Waals surface area (Å²) >= 11 is 5.96. The maximum Gasteiger partial charge on any atom is 0.204 e. The Bertz CT molecular complexity index is 519.